The second-order valence-electron chi connectivity index (χ2n) is 8.68. The quantitative estimate of drug-likeness (QED) is 0.674. The Kier molecular flexibility index (Phi) is 3.10. The van der Waals surface area contributed by atoms with E-state index in [2.05, 4.69) is 13.8 Å². The standard InChI is InChI=1S/C19H28O2/c1-11-9-12-10-13(20)3-4-14(12)15-7-8-19(2)16(18(11)15)5-6-17(19)21/h11-12,14-16,18H,3-10H2,1-2H3/t11?,12?,14?,15?,16?,18?,19-/m0/s1. The van der Waals surface area contributed by atoms with Gasteiger partial charge in [0.1, 0.15) is 11.6 Å². The maximum Gasteiger partial charge on any atom is 0.139 e. The SMILES string of the molecule is CC1CC2CC(=O)CCC2C2CC[C@]3(C)C(=O)CCC3C12. The molecule has 21 heavy (non-hydrogen) atoms. The minimum Gasteiger partial charge on any atom is -0.300 e. The highest BCUT2D eigenvalue weighted by Crippen LogP contribution is 2.62. The monoisotopic (exact) mass is 288 g/mol. The van der Waals surface area contributed by atoms with Crippen molar-refractivity contribution in [3.8, 4) is 0 Å². The third-order valence-electron chi connectivity index (χ3n) is 7.83. The molecule has 4 aliphatic carbocycles. The number of fused-ring (bicyclic) bond motifs is 5. The first kappa shape index (κ1) is 14.0. The Morgan fingerprint density at radius 2 is 1.86 bits per heavy atom. The van der Waals surface area contributed by atoms with Gasteiger partial charge >= 0.3 is 0 Å². The van der Waals surface area contributed by atoms with Crippen molar-refractivity contribution in [3.05, 3.63) is 0 Å². The van der Waals surface area contributed by atoms with E-state index < -0.39 is 0 Å². The molecule has 0 aliphatic heterocycles. The van der Waals surface area contributed by atoms with Gasteiger partial charge in [-0.3, -0.25) is 9.59 Å². The molecule has 0 aromatic carbocycles. The fourth-order valence-electron chi connectivity index (χ4n) is 6.88. The lowest BCUT2D eigenvalue weighted by atomic mass is 9.48. The Labute approximate surface area is 128 Å². The van der Waals surface area contributed by atoms with Crippen LogP contribution in [0.5, 0.6) is 0 Å². The molecule has 4 aliphatic rings. The van der Waals surface area contributed by atoms with Crippen LogP contribution in [0.3, 0.4) is 0 Å². The predicted molar refractivity (Wildman–Crippen MR) is 81.7 cm³/mol. The second kappa shape index (κ2) is 4.67. The van der Waals surface area contributed by atoms with Crippen molar-refractivity contribution >= 4 is 11.6 Å². The maximum atomic E-state index is 12.4. The number of Topliss-reactive ketones (excluding diaryl/α,β-unsaturated/α-hetero) is 2. The van der Waals surface area contributed by atoms with Gasteiger partial charge in [0.25, 0.3) is 0 Å². The largest absolute Gasteiger partial charge is 0.300 e. The van der Waals surface area contributed by atoms with E-state index in [0.29, 0.717) is 29.3 Å². The number of hydrogen-bond donors (Lipinski definition) is 0. The van der Waals surface area contributed by atoms with Crippen LogP contribution < -0.4 is 0 Å². The smallest absolute Gasteiger partial charge is 0.139 e. The van der Waals surface area contributed by atoms with Crippen LogP contribution in [0.15, 0.2) is 0 Å². The minimum atomic E-state index is -0.00719. The van der Waals surface area contributed by atoms with Crippen molar-refractivity contribution < 1.29 is 9.59 Å². The highest BCUT2D eigenvalue weighted by molar-refractivity contribution is 5.87. The minimum absolute atomic E-state index is 0.00719. The van der Waals surface area contributed by atoms with E-state index >= 15 is 0 Å². The first-order chi connectivity index (χ1) is 10.0. The van der Waals surface area contributed by atoms with Crippen molar-refractivity contribution in [2.45, 2.75) is 65.2 Å². The van der Waals surface area contributed by atoms with Crippen LogP contribution in [0.1, 0.15) is 65.2 Å². The molecular formula is C19H28O2. The Bertz CT molecular complexity index is 482. The lowest BCUT2D eigenvalue weighted by Crippen LogP contribution is -2.51. The van der Waals surface area contributed by atoms with Gasteiger partial charge in [-0.05, 0) is 67.6 Å². The number of ketones is 2. The topological polar surface area (TPSA) is 34.1 Å². The van der Waals surface area contributed by atoms with Crippen LogP contribution in [0, 0.1) is 40.9 Å². The molecule has 0 aromatic rings. The van der Waals surface area contributed by atoms with Gasteiger partial charge in [-0.1, -0.05) is 13.8 Å². The average Bonchev–Trinajstić information content (AvgIpc) is 2.74. The molecule has 0 spiro atoms. The van der Waals surface area contributed by atoms with Crippen LogP contribution in [0.2, 0.25) is 0 Å². The molecule has 6 unspecified atom stereocenters. The molecule has 116 valence electrons. The summed E-state index contributed by atoms with van der Waals surface area (Å²) in [5, 5.41) is 0. The molecule has 2 nitrogen and oxygen atoms in total. The van der Waals surface area contributed by atoms with Gasteiger partial charge in [0, 0.05) is 24.7 Å². The van der Waals surface area contributed by atoms with Crippen LogP contribution in [0.25, 0.3) is 0 Å². The van der Waals surface area contributed by atoms with Gasteiger partial charge in [-0.25, -0.2) is 0 Å². The van der Waals surface area contributed by atoms with E-state index in [4.69, 9.17) is 0 Å². The van der Waals surface area contributed by atoms with Crippen LogP contribution in [-0.4, -0.2) is 11.6 Å². The zero-order chi connectivity index (χ0) is 14.8. The summed E-state index contributed by atoms with van der Waals surface area (Å²) in [5.74, 6) is 5.38. The second-order valence-corrected chi connectivity index (χ2v) is 8.68. The lowest BCUT2D eigenvalue weighted by molar-refractivity contribution is -0.138. The van der Waals surface area contributed by atoms with Crippen LogP contribution >= 0.6 is 0 Å². The third-order valence-corrected chi connectivity index (χ3v) is 7.83. The Hall–Kier alpha value is -0.660. The number of hydrogen-bond acceptors (Lipinski definition) is 2. The number of rotatable bonds is 0. The van der Waals surface area contributed by atoms with Crippen LogP contribution in [0.4, 0.5) is 0 Å². The zero-order valence-electron chi connectivity index (χ0n) is 13.4. The van der Waals surface area contributed by atoms with Crippen molar-refractivity contribution in [1.29, 1.82) is 0 Å². The Morgan fingerprint density at radius 1 is 1.05 bits per heavy atom. The summed E-state index contributed by atoms with van der Waals surface area (Å²) in [4.78, 5) is 24.2. The van der Waals surface area contributed by atoms with E-state index in [9.17, 15) is 9.59 Å². The number of carbonyl (C=O) groups is 2. The highest BCUT2D eigenvalue weighted by Gasteiger charge is 2.58. The first-order valence-corrected chi connectivity index (χ1v) is 9.05. The highest BCUT2D eigenvalue weighted by atomic mass is 16.1. The molecule has 4 saturated carbocycles. The van der Waals surface area contributed by atoms with Crippen molar-refractivity contribution in [2.75, 3.05) is 0 Å². The predicted octanol–water partition coefficient (Wildman–Crippen LogP) is 4.02. The zero-order valence-corrected chi connectivity index (χ0v) is 13.4. The van der Waals surface area contributed by atoms with E-state index in [1.165, 1.54) is 12.8 Å². The van der Waals surface area contributed by atoms with Gasteiger partial charge in [-0.2, -0.15) is 0 Å². The van der Waals surface area contributed by atoms with Crippen LogP contribution in [-0.2, 0) is 9.59 Å². The van der Waals surface area contributed by atoms with Crippen molar-refractivity contribution in [1.82, 2.24) is 0 Å². The molecule has 0 amide bonds. The molecular weight excluding hydrogens is 260 g/mol. The average molecular weight is 288 g/mol. The van der Waals surface area contributed by atoms with Gasteiger partial charge < -0.3 is 0 Å². The fourth-order valence-corrected chi connectivity index (χ4v) is 6.88. The van der Waals surface area contributed by atoms with E-state index in [-0.39, 0.29) is 5.41 Å². The molecule has 0 aromatic heterocycles. The van der Waals surface area contributed by atoms with Gasteiger partial charge in [-0.15, -0.1) is 0 Å². The summed E-state index contributed by atoms with van der Waals surface area (Å²) in [6, 6.07) is 0. The van der Waals surface area contributed by atoms with E-state index in [1.54, 1.807) is 0 Å². The number of carbonyl (C=O) groups excluding carboxylic acids is 2. The molecule has 0 saturated heterocycles. The summed E-state index contributed by atoms with van der Waals surface area (Å²) in [7, 11) is 0. The molecule has 4 rings (SSSR count). The molecule has 0 heterocycles. The lowest BCUT2D eigenvalue weighted by Gasteiger charge is -2.56. The van der Waals surface area contributed by atoms with Crippen molar-refractivity contribution in [3.63, 3.8) is 0 Å². The molecule has 0 bridgehead atoms. The maximum absolute atomic E-state index is 12.4. The third kappa shape index (κ3) is 1.90. The van der Waals surface area contributed by atoms with E-state index in [1.807, 2.05) is 0 Å². The fraction of sp³-hybridized carbons (Fsp3) is 0.895. The molecule has 2 heteroatoms. The normalized spacial score (nSPS) is 53.0. The van der Waals surface area contributed by atoms with Gasteiger partial charge in [0.2, 0.25) is 0 Å². The molecule has 0 radical (unpaired) electrons. The summed E-state index contributed by atoms with van der Waals surface area (Å²) in [6.07, 6.45) is 8.34. The summed E-state index contributed by atoms with van der Waals surface area (Å²) in [6.45, 7) is 4.66. The summed E-state index contributed by atoms with van der Waals surface area (Å²) >= 11 is 0. The molecule has 7 atom stereocenters. The molecule has 0 N–H and O–H groups in total. The molecule has 4 fully saturated rings. The van der Waals surface area contributed by atoms with E-state index in [0.717, 1.165) is 56.3 Å². The summed E-state index contributed by atoms with van der Waals surface area (Å²) < 4.78 is 0. The first-order valence-electron chi connectivity index (χ1n) is 9.05. The van der Waals surface area contributed by atoms with Crippen molar-refractivity contribution in [2.24, 2.45) is 40.9 Å². The van der Waals surface area contributed by atoms with Gasteiger partial charge in [0.05, 0.1) is 0 Å². The Balaban J connectivity index is 1.64. The Morgan fingerprint density at radius 3 is 2.67 bits per heavy atom. The summed E-state index contributed by atoms with van der Waals surface area (Å²) in [5.41, 5.74) is -0.00719. The van der Waals surface area contributed by atoms with Gasteiger partial charge in [0.15, 0.2) is 0 Å².